The highest BCUT2D eigenvalue weighted by molar-refractivity contribution is 5.94. The quantitative estimate of drug-likeness (QED) is 0.526. The molecular weight excluding hydrogens is 320 g/mol. The Kier molecular flexibility index (Phi) is 6.11. The van der Waals surface area contributed by atoms with Gasteiger partial charge in [0.25, 0.3) is 0 Å². The fraction of sp³-hybridized carbons (Fsp3) is 0.538. The molecule has 0 aliphatic rings. The van der Waals surface area contributed by atoms with Gasteiger partial charge in [-0.05, 0) is 13.8 Å². The molecule has 0 unspecified atom stereocenters. The lowest BCUT2D eigenvalue weighted by Crippen LogP contribution is -2.29. The summed E-state index contributed by atoms with van der Waals surface area (Å²) >= 11 is 0. The SMILES string of the molecule is CNc1nc(NCC(C)(C)O)c2nc(NC)nc(NC)c2n1.Cl. The molecule has 2 aromatic rings. The molecule has 9 nitrogen and oxygen atoms in total. The van der Waals surface area contributed by atoms with Crippen LogP contribution in [0.5, 0.6) is 0 Å². The second-order valence-corrected chi connectivity index (χ2v) is 5.40. The zero-order chi connectivity index (χ0) is 16.3. The van der Waals surface area contributed by atoms with Gasteiger partial charge in [-0.25, -0.2) is 9.97 Å². The van der Waals surface area contributed by atoms with Gasteiger partial charge in [-0.1, -0.05) is 0 Å². The first kappa shape index (κ1) is 18.9. The summed E-state index contributed by atoms with van der Waals surface area (Å²) in [5.41, 5.74) is 0.299. The van der Waals surface area contributed by atoms with Gasteiger partial charge in [0.05, 0.1) is 5.60 Å². The number of aliphatic hydroxyl groups is 1. The van der Waals surface area contributed by atoms with Gasteiger partial charge in [0.15, 0.2) is 11.6 Å². The summed E-state index contributed by atoms with van der Waals surface area (Å²) in [6, 6.07) is 0. The van der Waals surface area contributed by atoms with Crippen LogP contribution in [-0.2, 0) is 0 Å². The van der Waals surface area contributed by atoms with Crippen LogP contribution in [0.1, 0.15) is 13.8 Å². The van der Waals surface area contributed by atoms with Crippen LogP contribution in [0.25, 0.3) is 11.0 Å². The predicted molar refractivity (Wildman–Crippen MR) is 95.8 cm³/mol. The molecule has 2 heterocycles. The monoisotopic (exact) mass is 342 g/mol. The van der Waals surface area contributed by atoms with Crippen LogP contribution in [0.2, 0.25) is 0 Å². The molecule has 0 amide bonds. The Morgan fingerprint density at radius 1 is 0.826 bits per heavy atom. The molecule has 2 rings (SSSR count). The van der Waals surface area contributed by atoms with Crippen molar-refractivity contribution in [1.29, 1.82) is 0 Å². The van der Waals surface area contributed by atoms with Crippen LogP contribution < -0.4 is 21.3 Å². The van der Waals surface area contributed by atoms with E-state index in [1.165, 1.54) is 0 Å². The minimum atomic E-state index is -0.873. The molecular formula is C13H23ClN8O. The molecule has 0 radical (unpaired) electrons. The van der Waals surface area contributed by atoms with Crippen molar-refractivity contribution in [2.24, 2.45) is 0 Å². The summed E-state index contributed by atoms with van der Waals surface area (Å²) in [6.45, 7) is 3.76. The lowest BCUT2D eigenvalue weighted by Gasteiger charge is -2.19. The van der Waals surface area contributed by atoms with Crippen molar-refractivity contribution >= 4 is 47.0 Å². The largest absolute Gasteiger partial charge is 0.389 e. The second-order valence-electron chi connectivity index (χ2n) is 5.40. The van der Waals surface area contributed by atoms with E-state index in [9.17, 15) is 5.11 Å². The first-order valence-corrected chi connectivity index (χ1v) is 6.97. The van der Waals surface area contributed by atoms with Crippen LogP contribution in [0.15, 0.2) is 0 Å². The van der Waals surface area contributed by atoms with Gasteiger partial charge in [0, 0.05) is 27.7 Å². The molecule has 5 N–H and O–H groups in total. The molecule has 0 fully saturated rings. The molecule has 0 bridgehead atoms. The predicted octanol–water partition coefficient (Wildman–Crippen LogP) is 1.15. The maximum atomic E-state index is 9.90. The highest BCUT2D eigenvalue weighted by atomic mass is 35.5. The maximum absolute atomic E-state index is 9.90. The maximum Gasteiger partial charge on any atom is 0.225 e. The molecule has 23 heavy (non-hydrogen) atoms. The summed E-state index contributed by atoms with van der Waals surface area (Å²) in [5.74, 6) is 2.04. The Morgan fingerprint density at radius 3 is 1.74 bits per heavy atom. The van der Waals surface area contributed by atoms with Gasteiger partial charge < -0.3 is 26.4 Å². The van der Waals surface area contributed by atoms with E-state index < -0.39 is 5.60 Å². The van der Waals surface area contributed by atoms with Crippen molar-refractivity contribution < 1.29 is 5.11 Å². The zero-order valence-electron chi connectivity index (χ0n) is 13.9. The average Bonchev–Trinajstić information content (AvgIpc) is 2.50. The van der Waals surface area contributed by atoms with Crippen LogP contribution in [0.4, 0.5) is 23.5 Å². The standard InChI is InChI=1S/C13H22N8O.ClH/c1-13(2,22)6-17-10-8-7(18-12(16-5)21-10)9(14-3)20-11(15-4)19-8;/h22H,6H2,1-5H3,(H2,14,15,19,20)(H2,16,17,18,21);1H. The van der Waals surface area contributed by atoms with E-state index in [-0.39, 0.29) is 12.4 Å². The van der Waals surface area contributed by atoms with Crippen LogP contribution >= 0.6 is 12.4 Å². The van der Waals surface area contributed by atoms with Crippen molar-refractivity contribution in [3.63, 3.8) is 0 Å². The number of hydrogen-bond acceptors (Lipinski definition) is 9. The summed E-state index contributed by atoms with van der Waals surface area (Å²) in [5, 5.41) is 21.9. The minimum Gasteiger partial charge on any atom is -0.389 e. The number of aromatic nitrogens is 4. The van der Waals surface area contributed by atoms with Gasteiger partial charge in [-0.15, -0.1) is 12.4 Å². The first-order valence-electron chi connectivity index (χ1n) is 6.97. The molecule has 0 aliphatic heterocycles. The third-order valence-electron chi connectivity index (χ3n) is 2.92. The van der Waals surface area contributed by atoms with Crippen LogP contribution in [0, 0.1) is 0 Å². The van der Waals surface area contributed by atoms with Gasteiger partial charge >= 0.3 is 0 Å². The third-order valence-corrected chi connectivity index (χ3v) is 2.92. The Bertz CT molecular complexity index is 673. The molecule has 10 heteroatoms. The Balaban J connectivity index is 0.00000264. The fourth-order valence-electron chi connectivity index (χ4n) is 1.84. The average molecular weight is 343 g/mol. The van der Waals surface area contributed by atoms with E-state index in [1.807, 2.05) is 0 Å². The summed E-state index contributed by atoms with van der Waals surface area (Å²) in [7, 11) is 5.25. The molecule has 0 saturated carbocycles. The van der Waals surface area contributed by atoms with Crippen molar-refractivity contribution in [2.45, 2.75) is 19.4 Å². The number of fused-ring (bicyclic) bond motifs is 1. The lowest BCUT2D eigenvalue weighted by molar-refractivity contribution is 0.0944. The van der Waals surface area contributed by atoms with E-state index in [0.717, 1.165) is 0 Å². The number of anilines is 4. The third kappa shape index (κ3) is 4.42. The van der Waals surface area contributed by atoms with Crippen molar-refractivity contribution in [1.82, 2.24) is 19.9 Å². The van der Waals surface area contributed by atoms with Crippen LogP contribution in [-0.4, -0.2) is 58.3 Å². The van der Waals surface area contributed by atoms with Gasteiger partial charge in [0.1, 0.15) is 11.0 Å². The van der Waals surface area contributed by atoms with Crippen molar-refractivity contribution in [3.8, 4) is 0 Å². The smallest absolute Gasteiger partial charge is 0.225 e. The number of halogens is 1. The molecule has 2 aromatic heterocycles. The summed E-state index contributed by atoms with van der Waals surface area (Å²) < 4.78 is 0. The molecule has 0 atom stereocenters. The lowest BCUT2D eigenvalue weighted by atomic mass is 10.1. The Hall–Kier alpha value is -2.13. The summed E-state index contributed by atoms with van der Waals surface area (Å²) in [6.07, 6.45) is 0. The Labute approximate surface area is 141 Å². The fourth-order valence-corrected chi connectivity index (χ4v) is 1.84. The van der Waals surface area contributed by atoms with Crippen LogP contribution in [0.3, 0.4) is 0 Å². The van der Waals surface area contributed by atoms with E-state index in [0.29, 0.717) is 41.1 Å². The van der Waals surface area contributed by atoms with E-state index >= 15 is 0 Å². The first-order chi connectivity index (χ1) is 10.4. The van der Waals surface area contributed by atoms with Gasteiger partial charge in [0.2, 0.25) is 11.9 Å². The number of hydrogen-bond donors (Lipinski definition) is 5. The van der Waals surface area contributed by atoms with Gasteiger partial charge in [-0.3, -0.25) is 0 Å². The summed E-state index contributed by atoms with van der Waals surface area (Å²) in [4.78, 5) is 17.5. The van der Waals surface area contributed by atoms with Crippen molar-refractivity contribution in [3.05, 3.63) is 0 Å². The highest BCUT2D eigenvalue weighted by Gasteiger charge is 2.17. The number of rotatable bonds is 6. The normalized spacial score (nSPS) is 10.9. The molecule has 128 valence electrons. The van der Waals surface area contributed by atoms with Crippen molar-refractivity contribution in [2.75, 3.05) is 49.0 Å². The number of nitrogens with one attached hydrogen (secondary N) is 4. The minimum absolute atomic E-state index is 0. The number of nitrogens with zero attached hydrogens (tertiary/aromatic N) is 4. The van der Waals surface area contributed by atoms with E-state index in [1.54, 1.807) is 35.0 Å². The Morgan fingerprint density at radius 2 is 1.30 bits per heavy atom. The van der Waals surface area contributed by atoms with E-state index in [2.05, 4.69) is 41.2 Å². The molecule has 0 aromatic carbocycles. The van der Waals surface area contributed by atoms with E-state index in [4.69, 9.17) is 0 Å². The highest BCUT2D eigenvalue weighted by Crippen LogP contribution is 2.26. The molecule has 0 spiro atoms. The molecule has 0 saturated heterocycles. The van der Waals surface area contributed by atoms with Gasteiger partial charge in [-0.2, -0.15) is 9.97 Å². The zero-order valence-corrected chi connectivity index (χ0v) is 14.7. The second kappa shape index (κ2) is 7.42. The topological polar surface area (TPSA) is 120 Å². The molecule has 0 aliphatic carbocycles.